The van der Waals surface area contributed by atoms with E-state index in [1.165, 1.54) is 11.0 Å². The summed E-state index contributed by atoms with van der Waals surface area (Å²) in [4.78, 5) is 42.1. The molecule has 2 amide bonds. The number of carbonyl (C=O) groups excluding carboxylic acids is 2. The molecule has 0 atom stereocenters. The maximum Gasteiger partial charge on any atom is 0.388 e. The van der Waals surface area contributed by atoms with Gasteiger partial charge >= 0.3 is 12.6 Å². The Morgan fingerprint density at radius 2 is 1.82 bits per heavy atom. The van der Waals surface area contributed by atoms with E-state index < -0.39 is 35.7 Å². The Morgan fingerprint density at radius 1 is 1.15 bits per heavy atom. The molecule has 1 aromatic carbocycles. The SMILES string of the molecule is Cc1ccc(NC(=O)C2(c3ccccc3C(C)C)CN(C(=O)/C=C/C(=O)O)C2)c(OC(F)F)n1. The van der Waals surface area contributed by atoms with Gasteiger partial charge in [0.15, 0.2) is 0 Å². The number of hydrogen-bond acceptors (Lipinski definition) is 5. The van der Waals surface area contributed by atoms with E-state index in [2.05, 4.69) is 15.0 Å². The van der Waals surface area contributed by atoms with Crippen molar-refractivity contribution in [3.8, 4) is 5.88 Å². The lowest BCUT2D eigenvalue weighted by atomic mass is 9.69. The summed E-state index contributed by atoms with van der Waals surface area (Å²) in [6.45, 7) is 2.38. The van der Waals surface area contributed by atoms with E-state index in [1.54, 1.807) is 25.1 Å². The average molecular weight is 473 g/mol. The highest BCUT2D eigenvalue weighted by molar-refractivity contribution is 6.04. The minimum absolute atomic E-state index is 0.0182. The first-order valence-electron chi connectivity index (χ1n) is 10.6. The van der Waals surface area contributed by atoms with Gasteiger partial charge in [0.05, 0.1) is 0 Å². The quantitative estimate of drug-likeness (QED) is 0.569. The van der Waals surface area contributed by atoms with Gasteiger partial charge in [-0.2, -0.15) is 8.78 Å². The predicted octanol–water partition coefficient (Wildman–Crippen LogP) is 3.47. The molecule has 2 N–H and O–H groups in total. The van der Waals surface area contributed by atoms with Crippen LogP contribution in [0.4, 0.5) is 14.5 Å². The maximum atomic E-state index is 13.6. The normalized spacial score (nSPS) is 14.9. The second-order valence-electron chi connectivity index (χ2n) is 8.33. The first-order valence-corrected chi connectivity index (χ1v) is 10.6. The molecule has 0 aliphatic carbocycles. The third-order valence-electron chi connectivity index (χ3n) is 5.58. The van der Waals surface area contributed by atoms with E-state index in [4.69, 9.17) is 5.11 Å². The average Bonchev–Trinajstić information content (AvgIpc) is 2.73. The zero-order valence-corrected chi connectivity index (χ0v) is 18.9. The van der Waals surface area contributed by atoms with Crippen molar-refractivity contribution < 1.29 is 33.0 Å². The van der Waals surface area contributed by atoms with Crippen molar-refractivity contribution >= 4 is 23.5 Å². The lowest BCUT2D eigenvalue weighted by molar-refractivity contribution is -0.140. The Balaban J connectivity index is 1.98. The number of aliphatic carboxylic acids is 1. The molecule has 1 aliphatic rings. The molecule has 1 aromatic heterocycles. The lowest BCUT2D eigenvalue weighted by Gasteiger charge is -2.49. The smallest absolute Gasteiger partial charge is 0.388 e. The molecule has 1 fully saturated rings. The maximum absolute atomic E-state index is 13.6. The second kappa shape index (κ2) is 9.98. The van der Waals surface area contributed by atoms with Crippen molar-refractivity contribution in [2.24, 2.45) is 0 Å². The second-order valence-corrected chi connectivity index (χ2v) is 8.33. The van der Waals surface area contributed by atoms with Crippen LogP contribution in [-0.2, 0) is 19.8 Å². The van der Waals surface area contributed by atoms with E-state index in [1.807, 2.05) is 26.0 Å². The van der Waals surface area contributed by atoms with Crippen LogP contribution in [0.2, 0.25) is 0 Å². The molecule has 0 radical (unpaired) electrons. The van der Waals surface area contributed by atoms with Gasteiger partial charge in [-0.15, -0.1) is 0 Å². The zero-order valence-electron chi connectivity index (χ0n) is 18.9. The monoisotopic (exact) mass is 473 g/mol. The van der Waals surface area contributed by atoms with E-state index >= 15 is 0 Å². The van der Waals surface area contributed by atoms with Crippen LogP contribution >= 0.6 is 0 Å². The Hall–Kier alpha value is -3.82. The number of carboxylic acid groups (broad SMARTS) is 1. The molecule has 180 valence electrons. The number of nitrogens with one attached hydrogen (secondary N) is 1. The van der Waals surface area contributed by atoms with Gasteiger partial charge in [0.25, 0.3) is 0 Å². The Morgan fingerprint density at radius 3 is 2.44 bits per heavy atom. The molecule has 2 aromatic rings. The predicted molar refractivity (Wildman–Crippen MR) is 120 cm³/mol. The summed E-state index contributed by atoms with van der Waals surface area (Å²) in [5.41, 5.74) is 0.828. The third kappa shape index (κ3) is 5.22. The van der Waals surface area contributed by atoms with Crippen molar-refractivity contribution in [3.63, 3.8) is 0 Å². The number of amides is 2. The summed E-state index contributed by atoms with van der Waals surface area (Å²) in [5, 5.41) is 11.4. The number of anilines is 1. The summed E-state index contributed by atoms with van der Waals surface area (Å²) in [6, 6.07) is 10.3. The molecule has 10 heteroatoms. The van der Waals surface area contributed by atoms with Crippen LogP contribution in [0.5, 0.6) is 5.88 Å². The minimum atomic E-state index is -3.13. The molecule has 34 heavy (non-hydrogen) atoms. The van der Waals surface area contributed by atoms with E-state index in [0.717, 1.165) is 17.7 Å². The number of rotatable bonds is 8. The summed E-state index contributed by atoms with van der Waals surface area (Å²) >= 11 is 0. The fraction of sp³-hybridized carbons (Fsp3) is 0.333. The first-order chi connectivity index (χ1) is 16.0. The van der Waals surface area contributed by atoms with Gasteiger partial charge in [-0.3, -0.25) is 9.59 Å². The van der Waals surface area contributed by atoms with Gasteiger partial charge in [-0.1, -0.05) is 38.1 Å². The fourth-order valence-electron chi connectivity index (χ4n) is 3.93. The Kier molecular flexibility index (Phi) is 7.29. The van der Waals surface area contributed by atoms with Crippen molar-refractivity contribution in [1.82, 2.24) is 9.88 Å². The zero-order chi connectivity index (χ0) is 25.0. The summed E-state index contributed by atoms with van der Waals surface area (Å²) in [7, 11) is 0. The number of pyridine rings is 1. The molecule has 1 saturated heterocycles. The number of aryl methyl sites for hydroxylation is 1. The molecule has 0 bridgehead atoms. The van der Waals surface area contributed by atoms with Crippen LogP contribution in [0.25, 0.3) is 0 Å². The van der Waals surface area contributed by atoms with E-state index in [9.17, 15) is 23.2 Å². The number of hydrogen-bond donors (Lipinski definition) is 2. The van der Waals surface area contributed by atoms with E-state index in [0.29, 0.717) is 11.3 Å². The van der Waals surface area contributed by atoms with Crippen molar-refractivity contribution in [2.75, 3.05) is 18.4 Å². The number of carboxylic acids is 1. The summed E-state index contributed by atoms with van der Waals surface area (Å²) < 4.78 is 30.3. The number of likely N-dealkylation sites (tertiary alicyclic amines) is 1. The van der Waals surface area contributed by atoms with Gasteiger partial charge in [-0.05, 0) is 36.1 Å². The molecule has 3 rings (SSSR count). The van der Waals surface area contributed by atoms with Crippen LogP contribution in [0.1, 0.15) is 36.6 Å². The highest BCUT2D eigenvalue weighted by Gasteiger charge is 2.53. The molecule has 8 nitrogen and oxygen atoms in total. The highest BCUT2D eigenvalue weighted by Crippen LogP contribution is 2.40. The molecule has 2 heterocycles. The number of ether oxygens (including phenoxy) is 1. The highest BCUT2D eigenvalue weighted by atomic mass is 19.3. The number of aromatic nitrogens is 1. The number of carbonyl (C=O) groups is 3. The number of benzene rings is 1. The lowest BCUT2D eigenvalue weighted by Crippen LogP contribution is -2.66. The van der Waals surface area contributed by atoms with Crippen molar-refractivity contribution in [3.05, 3.63) is 65.4 Å². The van der Waals surface area contributed by atoms with Crippen LogP contribution in [0.3, 0.4) is 0 Å². The molecule has 0 spiro atoms. The van der Waals surface area contributed by atoms with Crippen LogP contribution in [0, 0.1) is 6.92 Å². The van der Waals surface area contributed by atoms with Gasteiger partial charge in [0.2, 0.25) is 17.7 Å². The Bertz CT molecular complexity index is 1130. The number of halogens is 2. The molecular weight excluding hydrogens is 448 g/mol. The van der Waals surface area contributed by atoms with Gasteiger partial charge in [-0.25, -0.2) is 9.78 Å². The Labute approximate surface area is 195 Å². The fourth-order valence-corrected chi connectivity index (χ4v) is 3.93. The summed E-state index contributed by atoms with van der Waals surface area (Å²) in [5.74, 6) is -2.67. The first kappa shape index (κ1) is 24.8. The van der Waals surface area contributed by atoms with Crippen LogP contribution < -0.4 is 10.1 Å². The van der Waals surface area contributed by atoms with Crippen LogP contribution in [-0.4, -0.2) is 52.5 Å². The third-order valence-corrected chi connectivity index (χ3v) is 5.58. The molecule has 0 saturated carbocycles. The number of alkyl halides is 2. The minimum Gasteiger partial charge on any atom is -0.478 e. The topological polar surface area (TPSA) is 109 Å². The molecule has 0 unspecified atom stereocenters. The van der Waals surface area contributed by atoms with Gasteiger partial charge < -0.3 is 20.1 Å². The largest absolute Gasteiger partial charge is 0.478 e. The summed E-state index contributed by atoms with van der Waals surface area (Å²) in [6.07, 6.45) is 1.66. The number of nitrogens with zero attached hydrogens (tertiary/aromatic N) is 2. The molecule has 1 aliphatic heterocycles. The van der Waals surface area contributed by atoms with Crippen molar-refractivity contribution in [2.45, 2.75) is 38.7 Å². The molecular formula is C24H25F2N3O5. The van der Waals surface area contributed by atoms with Gasteiger partial charge in [0, 0.05) is 30.9 Å². The van der Waals surface area contributed by atoms with Crippen LogP contribution in [0.15, 0.2) is 48.6 Å². The van der Waals surface area contributed by atoms with Gasteiger partial charge in [0.1, 0.15) is 11.1 Å². The van der Waals surface area contributed by atoms with Crippen molar-refractivity contribution in [1.29, 1.82) is 0 Å². The van der Waals surface area contributed by atoms with E-state index in [-0.39, 0.29) is 24.7 Å². The standard InChI is InChI=1S/C24H25F2N3O5/c1-14(2)16-6-4-5-7-17(16)24(12-29(13-24)19(30)10-11-20(31)32)22(33)28-18-9-8-15(3)27-21(18)34-23(25)26/h4-11,14,23H,12-13H2,1-3H3,(H,28,33)(H,31,32)/b11-10+.